The van der Waals surface area contributed by atoms with Gasteiger partial charge in [-0.25, -0.2) is 26.2 Å². The Bertz CT molecular complexity index is 1930. The Morgan fingerprint density at radius 1 is 0.568 bits per heavy atom. The number of carbonyl (C=O) groups is 1. The molecule has 0 aliphatic heterocycles. The van der Waals surface area contributed by atoms with E-state index in [1.54, 1.807) is 42.5 Å². The first kappa shape index (κ1) is 30.7. The highest BCUT2D eigenvalue weighted by molar-refractivity contribution is 7.91. The molecule has 5 rings (SSSR count). The molecule has 0 heterocycles. The van der Waals surface area contributed by atoms with Gasteiger partial charge in [-0.15, -0.1) is 0 Å². The molecule has 1 N–H and O–H groups in total. The van der Waals surface area contributed by atoms with Crippen LogP contribution in [0.2, 0.25) is 0 Å². The first-order chi connectivity index (χ1) is 21.0. The molecule has 9 nitrogen and oxygen atoms in total. The largest absolute Gasteiger partial charge is 0.478 e. The van der Waals surface area contributed by atoms with Crippen molar-refractivity contribution in [1.29, 1.82) is 0 Å². The van der Waals surface area contributed by atoms with Gasteiger partial charge in [0.15, 0.2) is 0 Å². The summed E-state index contributed by atoms with van der Waals surface area (Å²) in [6, 6.07) is 32.2. The number of carboxylic acid groups (broad SMARTS) is 1. The van der Waals surface area contributed by atoms with Crippen LogP contribution in [0.25, 0.3) is 0 Å². The molecule has 0 unspecified atom stereocenters. The van der Waals surface area contributed by atoms with Gasteiger partial charge < -0.3 is 14.2 Å². The molecular formula is C32H25O9PS2. The maximum atomic E-state index is 14.2. The van der Waals surface area contributed by atoms with Crippen molar-refractivity contribution >= 4 is 33.2 Å². The van der Waals surface area contributed by atoms with Crippen molar-refractivity contribution in [3.8, 4) is 11.5 Å². The van der Waals surface area contributed by atoms with Crippen molar-refractivity contribution in [2.75, 3.05) is 0 Å². The van der Waals surface area contributed by atoms with Crippen LogP contribution in [-0.2, 0) is 30.4 Å². The van der Waals surface area contributed by atoms with E-state index in [9.17, 15) is 31.3 Å². The molecule has 0 saturated heterocycles. The molecule has 44 heavy (non-hydrogen) atoms. The Hall–Kier alpha value is -4.70. The quantitative estimate of drug-likeness (QED) is 0.151. The second-order valence-electron chi connectivity index (χ2n) is 9.53. The van der Waals surface area contributed by atoms with Crippen molar-refractivity contribution in [3.05, 3.63) is 145 Å². The molecule has 0 bridgehead atoms. The average molecular weight is 649 g/mol. The number of rotatable bonds is 11. The summed E-state index contributed by atoms with van der Waals surface area (Å²) in [7, 11) is -11.8. The van der Waals surface area contributed by atoms with Crippen LogP contribution in [-0.4, -0.2) is 27.9 Å². The molecule has 0 aromatic heterocycles. The summed E-state index contributed by atoms with van der Waals surface area (Å²) in [5.41, 5.74) is 0.319. The fourth-order valence-corrected chi connectivity index (χ4v) is 8.52. The zero-order valence-electron chi connectivity index (χ0n) is 22.9. The first-order valence-electron chi connectivity index (χ1n) is 13.1. The molecule has 0 aliphatic rings. The smallest absolute Gasteiger partial charge is 0.435 e. The predicted molar refractivity (Wildman–Crippen MR) is 163 cm³/mol. The molecule has 0 aliphatic carbocycles. The molecule has 0 spiro atoms. The van der Waals surface area contributed by atoms with Crippen molar-refractivity contribution in [2.45, 2.75) is 25.7 Å². The summed E-state index contributed by atoms with van der Waals surface area (Å²) in [5, 5.41) is 9.40. The van der Waals surface area contributed by atoms with Gasteiger partial charge in [-0.3, -0.25) is 0 Å². The summed E-state index contributed by atoms with van der Waals surface area (Å²) in [4.78, 5) is 11.7. The molecule has 0 amide bonds. The SMILES string of the molecule is O=C(O)c1cccc(CP(=O)(Oc2ccc(S(=O)(=O)c3ccccc3)cc2)Oc2ccc(S(=O)(=O)c3ccccc3)cc2)c1. The number of hydrogen-bond acceptors (Lipinski definition) is 8. The van der Waals surface area contributed by atoms with E-state index in [0.29, 0.717) is 5.56 Å². The maximum absolute atomic E-state index is 14.2. The lowest BCUT2D eigenvalue weighted by Gasteiger charge is -2.21. The van der Waals surface area contributed by atoms with Crippen LogP contribution in [0.1, 0.15) is 15.9 Å². The van der Waals surface area contributed by atoms with Gasteiger partial charge in [0, 0.05) is 0 Å². The van der Waals surface area contributed by atoms with Crippen LogP contribution < -0.4 is 9.05 Å². The molecule has 0 radical (unpaired) electrons. The van der Waals surface area contributed by atoms with Crippen LogP contribution in [0, 0.1) is 0 Å². The van der Waals surface area contributed by atoms with Crippen LogP contribution >= 0.6 is 7.60 Å². The van der Waals surface area contributed by atoms with Gasteiger partial charge in [-0.1, -0.05) is 48.5 Å². The Balaban J connectivity index is 1.44. The predicted octanol–water partition coefficient (Wildman–Crippen LogP) is 6.90. The summed E-state index contributed by atoms with van der Waals surface area (Å²) in [6.45, 7) is 0. The molecule has 12 heteroatoms. The summed E-state index contributed by atoms with van der Waals surface area (Å²) >= 11 is 0. The lowest BCUT2D eigenvalue weighted by Crippen LogP contribution is -2.06. The lowest BCUT2D eigenvalue weighted by molar-refractivity contribution is 0.0696. The zero-order valence-corrected chi connectivity index (χ0v) is 25.4. The summed E-state index contributed by atoms with van der Waals surface area (Å²) in [5.74, 6) is -1.09. The normalized spacial score (nSPS) is 11.9. The standard InChI is InChI=1S/C32H25O9PS2/c33-32(34)25-9-7-8-24(22-25)23-42(35,40-26-14-18-30(19-15-26)43(36,37)28-10-3-1-4-11-28)41-27-16-20-31(21-17-27)44(38,39)29-12-5-2-6-13-29/h1-22H,23H2,(H,33,34). The second kappa shape index (κ2) is 12.5. The van der Waals surface area contributed by atoms with Crippen molar-refractivity contribution in [3.63, 3.8) is 0 Å². The topological polar surface area (TPSA) is 141 Å². The average Bonchev–Trinajstić information content (AvgIpc) is 3.02. The van der Waals surface area contributed by atoms with Crippen LogP contribution in [0.15, 0.2) is 153 Å². The van der Waals surface area contributed by atoms with E-state index in [1.165, 1.54) is 91.0 Å². The molecule has 0 fully saturated rings. The highest BCUT2D eigenvalue weighted by Gasteiger charge is 2.30. The minimum Gasteiger partial charge on any atom is -0.478 e. The minimum absolute atomic E-state index is 0.00354. The molecule has 0 saturated carbocycles. The zero-order chi connectivity index (χ0) is 31.4. The third-order valence-corrected chi connectivity index (χ3v) is 11.7. The van der Waals surface area contributed by atoms with Crippen molar-refractivity contribution in [2.24, 2.45) is 0 Å². The van der Waals surface area contributed by atoms with E-state index in [-0.39, 0.29) is 42.8 Å². The van der Waals surface area contributed by atoms with E-state index in [1.807, 2.05) is 0 Å². The third kappa shape index (κ3) is 6.92. The molecule has 5 aromatic rings. The van der Waals surface area contributed by atoms with Crippen LogP contribution in [0.4, 0.5) is 0 Å². The lowest BCUT2D eigenvalue weighted by atomic mass is 10.1. The fraction of sp³-hybridized carbons (Fsp3) is 0.0312. The van der Waals surface area contributed by atoms with Crippen molar-refractivity contribution in [1.82, 2.24) is 0 Å². The number of hydrogen-bond donors (Lipinski definition) is 1. The van der Waals surface area contributed by atoms with Gasteiger partial charge in [0.25, 0.3) is 0 Å². The Morgan fingerprint density at radius 3 is 1.39 bits per heavy atom. The molecule has 224 valence electrons. The summed E-state index contributed by atoms with van der Waals surface area (Å²) < 4.78 is 77.7. The van der Waals surface area contributed by atoms with Gasteiger partial charge >= 0.3 is 13.6 Å². The number of aromatic carboxylic acids is 1. The Labute approximate surface area is 254 Å². The van der Waals surface area contributed by atoms with Crippen molar-refractivity contribution < 1.29 is 40.3 Å². The van der Waals surface area contributed by atoms with Crippen LogP contribution in [0.5, 0.6) is 11.5 Å². The summed E-state index contributed by atoms with van der Waals surface area (Å²) in [6.07, 6.45) is -0.345. The monoisotopic (exact) mass is 648 g/mol. The van der Waals surface area contributed by atoms with Gasteiger partial charge in [-0.2, -0.15) is 0 Å². The Kier molecular flexibility index (Phi) is 8.73. The van der Waals surface area contributed by atoms with E-state index in [0.717, 1.165) is 0 Å². The number of sulfone groups is 2. The van der Waals surface area contributed by atoms with E-state index < -0.39 is 33.2 Å². The minimum atomic E-state index is -4.15. The number of carboxylic acids is 1. The first-order valence-corrected chi connectivity index (χ1v) is 17.8. The second-order valence-corrected chi connectivity index (χ2v) is 15.3. The van der Waals surface area contributed by atoms with Gasteiger partial charge in [-0.05, 0) is 90.5 Å². The van der Waals surface area contributed by atoms with Crippen LogP contribution in [0.3, 0.4) is 0 Å². The molecular weight excluding hydrogens is 623 g/mol. The third-order valence-electron chi connectivity index (χ3n) is 6.41. The van der Waals surface area contributed by atoms with Gasteiger partial charge in [0.2, 0.25) is 19.7 Å². The molecule has 0 atom stereocenters. The number of benzene rings is 5. The van der Waals surface area contributed by atoms with Gasteiger partial charge in [0.05, 0.1) is 31.3 Å². The molecule has 5 aromatic carbocycles. The van der Waals surface area contributed by atoms with E-state index in [2.05, 4.69) is 0 Å². The van der Waals surface area contributed by atoms with E-state index in [4.69, 9.17) is 9.05 Å². The van der Waals surface area contributed by atoms with E-state index >= 15 is 0 Å². The van der Waals surface area contributed by atoms with Gasteiger partial charge in [0.1, 0.15) is 11.5 Å². The highest BCUT2D eigenvalue weighted by Crippen LogP contribution is 2.51. The Morgan fingerprint density at radius 2 is 0.977 bits per heavy atom. The highest BCUT2D eigenvalue weighted by atomic mass is 32.2. The fourth-order valence-electron chi connectivity index (χ4n) is 4.26. The maximum Gasteiger partial charge on any atom is 0.435 e.